The predicted molar refractivity (Wildman–Crippen MR) is 90.2 cm³/mol. The molecule has 3 N–H and O–H groups in total. The van der Waals surface area contributed by atoms with E-state index in [1.807, 2.05) is 75.4 Å². The minimum atomic E-state index is -1.18. The van der Waals surface area contributed by atoms with Crippen LogP contribution in [0.1, 0.15) is 37.9 Å². The molecule has 2 aromatic rings. The third-order valence-electron chi connectivity index (χ3n) is 3.22. The molecular weight excluding hydrogens is 280 g/mol. The summed E-state index contributed by atoms with van der Waals surface area (Å²) in [5.74, 6) is 0. The van der Waals surface area contributed by atoms with Gasteiger partial charge in [-0.05, 0) is 38.0 Å². The second-order valence-electron chi connectivity index (χ2n) is 5.97. The van der Waals surface area contributed by atoms with E-state index in [0.29, 0.717) is 5.69 Å². The van der Waals surface area contributed by atoms with Crippen molar-refractivity contribution in [1.82, 2.24) is 4.72 Å². The van der Waals surface area contributed by atoms with Crippen LogP contribution in [0.15, 0.2) is 54.6 Å². The molecule has 0 saturated heterocycles. The van der Waals surface area contributed by atoms with Gasteiger partial charge >= 0.3 is 0 Å². The van der Waals surface area contributed by atoms with Gasteiger partial charge < -0.3 is 5.73 Å². The minimum Gasteiger partial charge on any atom is -0.398 e. The van der Waals surface area contributed by atoms with Gasteiger partial charge in [-0.2, -0.15) is 0 Å². The molecule has 21 heavy (non-hydrogen) atoms. The third kappa shape index (κ3) is 3.93. The molecule has 0 saturated carbocycles. The lowest BCUT2D eigenvalue weighted by atomic mass is 9.98. The van der Waals surface area contributed by atoms with Crippen LogP contribution in [0, 0.1) is 0 Å². The van der Waals surface area contributed by atoms with Crippen molar-refractivity contribution < 1.29 is 4.21 Å². The quantitative estimate of drug-likeness (QED) is 0.850. The van der Waals surface area contributed by atoms with E-state index in [9.17, 15) is 4.21 Å². The Hall–Kier alpha value is -1.65. The van der Waals surface area contributed by atoms with Crippen LogP contribution in [-0.2, 0) is 11.0 Å². The van der Waals surface area contributed by atoms with Crippen molar-refractivity contribution >= 4 is 16.7 Å². The third-order valence-corrected chi connectivity index (χ3v) is 4.78. The summed E-state index contributed by atoms with van der Waals surface area (Å²) in [5, 5.41) is 0. The molecule has 2 rings (SSSR count). The van der Waals surface area contributed by atoms with Crippen LogP contribution in [-0.4, -0.2) is 8.96 Å². The first-order valence-corrected chi connectivity index (χ1v) is 8.12. The highest BCUT2D eigenvalue weighted by atomic mass is 32.2. The van der Waals surface area contributed by atoms with Crippen LogP contribution in [0.25, 0.3) is 0 Å². The zero-order valence-corrected chi connectivity index (χ0v) is 13.5. The Kier molecular flexibility index (Phi) is 4.80. The van der Waals surface area contributed by atoms with Crippen LogP contribution in [0.2, 0.25) is 0 Å². The standard InChI is InChI=1S/C17H22N2OS/c1-17(2,3)21(20)19-16(13-9-5-4-6-10-13)14-11-7-8-12-15(14)18/h4-12,16,19H,18H2,1-3H3/t16-,21+/m1/s1. The van der Waals surface area contributed by atoms with Gasteiger partial charge in [0.25, 0.3) is 0 Å². The zero-order valence-electron chi connectivity index (χ0n) is 12.7. The molecule has 2 atom stereocenters. The summed E-state index contributed by atoms with van der Waals surface area (Å²) in [6.07, 6.45) is 0. The van der Waals surface area contributed by atoms with Gasteiger partial charge in [0, 0.05) is 5.69 Å². The second kappa shape index (κ2) is 6.41. The van der Waals surface area contributed by atoms with Crippen molar-refractivity contribution in [2.45, 2.75) is 31.6 Å². The fourth-order valence-electron chi connectivity index (χ4n) is 2.01. The van der Waals surface area contributed by atoms with Gasteiger partial charge in [-0.3, -0.25) is 0 Å². The van der Waals surface area contributed by atoms with E-state index >= 15 is 0 Å². The van der Waals surface area contributed by atoms with Crippen molar-refractivity contribution in [1.29, 1.82) is 0 Å². The highest BCUT2D eigenvalue weighted by molar-refractivity contribution is 7.84. The number of nitrogens with two attached hydrogens (primary N) is 1. The monoisotopic (exact) mass is 302 g/mol. The molecule has 2 aromatic carbocycles. The van der Waals surface area contributed by atoms with Crippen molar-refractivity contribution in [3.05, 3.63) is 65.7 Å². The lowest BCUT2D eigenvalue weighted by Gasteiger charge is -2.25. The van der Waals surface area contributed by atoms with E-state index in [0.717, 1.165) is 11.1 Å². The van der Waals surface area contributed by atoms with Crippen molar-refractivity contribution in [3.63, 3.8) is 0 Å². The molecule has 0 aliphatic heterocycles. The maximum atomic E-state index is 12.5. The first-order chi connectivity index (χ1) is 9.89. The summed E-state index contributed by atoms with van der Waals surface area (Å²) in [6, 6.07) is 17.5. The van der Waals surface area contributed by atoms with Gasteiger partial charge in [0.15, 0.2) is 0 Å². The normalized spacial score (nSPS) is 14.6. The van der Waals surface area contributed by atoms with Crippen LogP contribution in [0.5, 0.6) is 0 Å². The number of para-hydroxylation sites is 1. The smallest absolute Gasteiger partial charge is 0.0979 e. The number of hydrogen-bond donors (Lipinski definition) is 2. The molecule has 0 bridgehead atoms. The molecular formula is C17H22N2OS. The molecule has 0 amide bonds. The first kappa shape index (κ1) is 15.7. The Morgan fingerprint density at radius 1 is 1.00 bits per heavy atom. The van der Waals surface area contributed by atoms with Gasteiger partial charge in [0.2, 0.25) is 0 Å². The highest BCUT2D eigenvalue weighted by Crippen LogP contribution is 2.28. The average molecular weight is 302 g/mol. The van der Waals surface area contributed by atoms with Crippen molar-refractivity contribution in [3.8, 4) is 0 Å². The van der Waals surface area contributed by atoms with Crippen LogP contribution in [0.4, 0.5) is 5.69 Å². The topological polar surface area (TPSA) is 55.1 Å². The summed E-state index contributed by atoms with van der Waals surface area (Å²) in [5.41, 5.74) is 8.80. The van der Waals surface area contributed by atoms with E-state index in [1.165, 1.54) is 0 Å². The lowest BCUT2D eigenvalue weighted by molar-refractivity contribution is 0.624. The minimum absolute atomic E-state index is 0.188. The van der Waals surface area contributed by atoms with Crippen LogP contribution in [0.3, 0.4) is 0 Å². The summed E-state index contributed by atoms with van der Waals surface area (Å²) in [7, 11) is -1.18. The molecule has 0 heterocycles. The van der Waals surface area contributed by atoms with Gasteiger partial charge in [-0.1, -0.05) is 48.5 Å². The summed E-state index contributed by atoms with van der Waals surface area (Å²) in [6.45, 7) is 5.85. The van der Waals surface area contributed by atoms with E-state index in [2.05, 4.69) is 4.72 Å². The Morgan fingerprint density at radius 3 is 2.14 bits per heavy atom. The molecule has 0 aliphatic rings. The van der Waals surface area contributed by atoms with E-state index in [-0.39, 0.29) is 10.8 Å². The molecule has 0 fully saturated rings. The molecule has 0 unspecified atom stereocenters. The lowest BCUT2D eigenvalue weighted by Crippen LogP contribution is -2.36. The Bertz CT molecular complexity index is 620. The first-order valence-electron chi connectivity index (χ1n) is 6.97. The fraction of sp³-hybridized carbons (Fsp3) is 0.294. The second-order valence-corrected chi connectivity index (χ2v) is 7.97. The van der Waals surface area contributed by atoms with Crippen molar-refractivity contribution in [2.75, 3.05) is 5.73 Å². The molecule has 0 aliphatic carbocycles. The number of anilines is 1. The van der Waals surface area contributed by atoms with Gasteiger partial charge in [-0.15, -0.1) is 0 Å². The average Bonchev–Trinajstić information content (AvgIpc) is 2.45. The highest BCUT2D eigenvalue weighted by Gasteiger charge is 2.25. The summed E-state index contributed by atoms with van der Waals surface area (Å²) >= 11 is 0. The van der Waals surface area contributed by atoms with Gasteiger partial charge in [0.05, 0.1) is 21.8 Å². The Labute approximate surface area is 129 Å². The van der Waals surface area contributed by atoms with Crippen LogP contribution >= 0.6 is 0 Å². The number of nitrogen functional groups attached to an aromatic ring is 1. The molecule has 0 aromatic heterocycles. The summed E-state index contributed by atoms with van der Waals surface area (Å²) in [4.78, 5) is 0. The molecule has 4 heteroatoms. The number of benzene rings is 2. The number of hydrogen-bond acceptors (Lipinski definition) is 2. The van der Waals surface area contributed by atoms with Gasteiger partial charge in [-0.25, -0.2) is 8.93 Å². The Morgan fingerprint density at radius 2 is 1.57 bits per heavy atom. The summed E-state index contributed by atoms with van der Waals surface area (Å²) < 4.78 is 15.4. The van der Waals surface area contributed by atoms with Crippen molar-refractivity contribution in [2.24, 2.45) is 0 Å². The fourth-order valence-corrected chi connectivity index (χ4v) is 2.84. The molecule has 3 nitrogen and oxygen atoms in total. The van der Waals surface area contributed by atoms with E-state index in [1.54, 1.807) is 0 Å². The largest absolute Gasteiger partial charge is 0.398 e. The van der Waals surface area contributed by atoms with E-state index < -0.39 is 11.0 Å². The Balaban J connectivity index is 2.41. The molecule has 0 radical (unpaired) electrons. The van der Waals surface area contributed by atoms with Gasteiger partial charge in [0.1, 0.15) is 0 Å². The predicted octanol–water partition coefficient (Wildman–Crippen LogP) is 3.41. The van der Waals surface area contributed by atoms with Crippen LogP contribution < -0.4 is 10.5 Å². The van der Waals surface area contributed by atoms with E-state index in [4.69, 9.17) is 5.73 Å². The maximum absolute atomic E-state index is 12.5. The SMILES string of the molecule is CC(C)(C)[S@](=O)N[C@H](c1ccccc1)c1ccccc1N. The number of rotatable bonds is 4. The molecule has 112 valence electrons. The zero-order chi connectivity index (χ0) is 15.5. The maximum Gasteiger partial charge on any atom is 0.0979 e. The molecule has 0 spiro atoms. The number of nitrogens with one attached hydrogen (secondary N) is 1.